The van der Waals surface area contributed by atoms with Gasteiger partial charge in [0.2, 0.25) is 0 Å². The van der Waals surface area contributed by atoms with Crippen molar-refractivity contribution in [3.8, 4) is 11.1 Å². The maximum Gasteiger partial charge on any atom is 0.0342 e. The zero-order valence-corrected chi connectivity index (χ0v) is 26.2. The smallest absolute Gasteiger partial charge is 0.0342 e. The van der Waals surface area contributed by atoms with Crippen LogP contribution in [0.5, 0.6) is 0 Å². The lowest BCUT2D eigenvalue weighted by molar-refractivity contribution is 0.183. The molecule has 0 aromatic heterocycles. The van der Waals surface area contributed by atoms with Crippen LogP contribution in [-0.4, -0.2) is 6.04 Å². The van der Waals surface area contributed by atoms with Gasteiger partial charge in [0.1, 0.15) is 0 Å². The normalized spacial score (nSPS) is 20.2. The first-order valence-electron chi connectivity index (χ1n) is 15.3. The predicted octanol–water partition coefficient (Wildman–Crippen LogP) is 11.5. The molecule has 0 spiro atoms. The summed E-state index contributed by atoms with van der Waals surface area (Å²) in [7, 11) is 0. The second-order valence-electron chi connectivity index (χ2n) is 12.2. The number of aryl methyl sites for hydroxylation is 1. The molecule has 3 unspecified atom stereocenters. The lowest BCUT2D eigenvalue weighted by Crippen LogP contribution is -2.33. The van der Waals surface area contributed by atoms with Crippen molar-refractivity contribution in [2.45, 2.75) is 106 Å². The minimum absolute atomic E-state index is 0.216. The zero-order chi connectivity index (χ0) is 28.9. The van der Waals surface area contributed by atoms with Gasteiger partial charge in [-0.2, -0.15) is 0 Å². The molecule has 210 valence electrons. The van der Waals surface area contributed by atoms with Crippen molar-refractivity contribution < 1.29 is 0 Å². The number of rotatable bonds is 12. The van der Waals surface area contributed by atoms with E-state index in [-0.39, 0.29) is 5.41 Å². The van der Waals surface area contributed by atoms with E-state index in [1.807, 2.05) is 0 Å². The van der Waals surface area contributed by atoms with E-state index in [4.69, 9.17) is 0 Å². The van der Waals surface area contributed by atoms with Crippen LogP contribution in [0.3, 0.4) is 0 Å². The highest BCUT2D eigenvalue weighted by molar-refractivity contribution is 5.85. The van der Waals surface area contributed by atoms with Crippen molar-refractivity contribution in [2.75, 3.05) is 5.32 Å². The first-order valence-corrected chi connectivity index (χ1v) is 15.3. The quantitative estimate of drug-likeness (QED) is 0.273. The van der Waals surface area contributed by atoms with E-state index in [1.54, 1.807) is 0 Å². The van der Waals surface area contributed by atoms with Crippen molar-refractivity contribution in [3.63, 3.8) is 0 Å². The molecule has 0 radical (unpaired) electrons. The van der Waals surface area contributed by atoms with Crippen molar-refractivity contribution in [2.24, 2.45) is 11.3 Å². The minimum Gasteiger partial charge on any atom is -0.383 e. The highest BCUT2D eigenvalue weighted by atomic mass is 14.9. The molecule has 0 fully saturated rings. The Morgan fingerprint density at radius 3 is 2.23 bits per heavy atom. The molecular formula is C38H53N. The van der Waals surface area contributed by atoms with Crippen LogP contribution in [-0.2, 0) is 6.42 Å². The summed E-state index contributed by atoms with van der Waals surface area (Å²) in [4.78, 5) is 0. The van der Waals surface area contributed by atoms with Gasteiger partial charge in [0.15, 0.2) is 0 Å². The third-order valence-electron chi connectivity index (χ3n) is 9.42. The Balaban J connectivity index is 1.86. The molecule has 0 saturated carbocycles. The van der Waals surface area contributed by atoms with Crippen molar-refractivity contribution >= 4 is 11.3 Å². The van der Waals surface area contributed by atoms with Gasteiger partial charge in [-0.15, -0.1) is 0 Å². The third-order valence-corrected chi connectivity index (χ3v) is 9.42. The molecular weight excluding hydrogens is 470 g/mol. The standard InChI is InChI=1S/C38H53N/c1-12-28(8)39-32-19-17-31(18-20-32)35-21-16-26(6)37(34(35)14-3)29(9)25(5)22-23-38(11)24-27(7)33(13-2)30(10)36(38)15-4/h16-21,28,36,39H,5,9-10,12-15,22-24H2,1-4,6-8,11H3. The molecule has 1 aliphatic rings. The van der Waals surface area contributed by atoms with E-state index in [9.17, 15) is 0 Å². The van der Waals surface area contributed by atoms with Crippen LogP contribution in [0.4, 0.5) is 5.69 Å². The molecule has 0 saturated heterocycles. The van der Waals surface area contributed by atoms with Crippen LogP contribution in [0.2, 0.25) is 0 Å². The largest absolute Gasteiger partial charge is 0.383 e. The van der Waals surface area contributed by atoms with Crippen LogP contribution < -0.4 is 5.32 Å². The molecule has 0 bridgehead atoms. The zero-order valence-electron chi connectivity index (χ0n) is 26.2. The average Bonchev–Trinajstić information content (AvgIpc) is 2.91. The summed E-state index contributed by atoms with van der Waals surface area (Å²) in [5.41, 5.74) is 14.6. The molecule has 0 amide bonds. The van der Waals surface area contributed by atoms with Gasteiger partial charge in [0, 0.05) is 11.7 Å². The number of nitrogens with one attached hydrogen (secondary N) is 1. The third kappa shape index (κ3) is 6.51. The monoisotopic (exact) mass is 523 g/mol. The van der Waals surface area contributed by atoms with E-state index < -0.39 is 0 Å². The minimum atomic E-state index is 0.216. The number of allylic oxidation sites excluding steroid dienone is 5. The molecule has 39 heavy (non-hydrogen) atoms. The van der Waals surface area contributed by atoms with Crippen LogP contribution in [0, 0.1) is 18.3 Å². The van der Waals surface area contributed by atoms with Crippen molar-refractivity contribution in [1.29, 1.82) is 0 Å². The van der Waals surface area contributed by atoms with Gasteiger partial charge in [-0.1, -0.05) is 84.2 Å². The van der Waals surface area contributed by atoms with Crippen LogP contribution >= 0.6 is 0 Å². The number of anilines is 1. The van der Waals surface area contributed by atoms with Gasteiger partial charge in [-0.3, -0.25) is 0 Å². The Bertz CT molecular complexity index is 1240. The summed E-state index contributed by atoms with van der Waals surface area (Å²) in [5.74, 6) is 0.534. The van der Waals surface area contributed by atoms with Gasteiger partial charge in [-0.25, -0.2) is 0 Å². The van der Waals surface area contributed by atoms with E-state index in [0.29, 0.717) is 12.0 Å². The molecule has 1 N–H and O–H groups in total. The van der Waals surface area contributed by atoms with Gasteiger partial charge in [0.25, 0.3) is 0 Å². The van der Waals surface area contributed by atoms with E-state index in [2.05, 4.69) is 117 Å². The summed E-state index contributed by atoms with van der Waals surface area (Å²) in [6.07, 6.45) is 7.55. The van der Waals surface area contributed by atoms with E-state index in [1.165, 1.54) is 55.8 Å². The predicted molar refractivity (Wildman–Crippen MR) is 175 cm³/mol. The second-order valence-corrected chi connectivity index (χ2v) is 12.2. The molecule has 1 nitrogen and oxygen atoms in total. The summed E-state index contributed by atoms with van der Waals surface area (Å²) in [6, 6.07) is 13.9. The number of hydrogen-bond donors (Lipinski definition) is 1. The molecule has 1 aliphatic carbocycles. The Hall–Kier alpha value is -2.80. The fourth-order valence-electron chi connectivity index (χ4n) is 6.99. The van der Waals surface area contributed by atoms with E-state index >= 15 is 0 Å². The Labute approximate surface area is 240 Å². The van der Waals surface area contributed by atoms with Gasteiger partial charge in [-0.05, 0) is 139 Å². The lowest BCUT2D eigenvalue weighted by Gasteiger charge is -2.44. The van der Waals surface area contributed by atoms with Crippen LogP contribution in [0.1, 0.15) is 104 Å². The Kier molecular flexibility index (Phi) is 10.3. The fourth-order valence-corrected chi connectivity index (χ4v) is 6.99. The molecule has 3 atom stereocenters. The molecule has 3 rings (SSSR count). The molecule has 2 aromatic carbocycles. The highest BCUT2D eigenvalue weighted by Crippen LogP contribution is 2.51. The molecule has 0 aliphatic heterocycles. The Morgan fingerprint density at radius 1 is 1.00 bits per heavy atom. The van der Waals surface area contributed by atoms with Crippen LogP contribution in [0.25, 0.3) is 16.7 Å². The first kappa shape index (κ1) is 30.7. The topological polar surface area (TPSA) is 12.0 Å². The molecule has 0 heterocycles. The van der Waals surface area contributed by atoms with Crippen molar-refractivity contribution in [1.82, 2.24) is 0 Å². The summed E-state index contributed by atoms with van der Waals surface area (Å²) < 4.78 is 0. The van der Waals surface area contributed by atoms with Crippen LogP contribution in [0.15, 0.2) is 78.4 Å². The molecule has 2 aromatic rings. The average molecular weight is 524 g/mol. The Morgan fingerprint density at radius 2 is 1.67 bits per heavy atom. The number of benzene rings is 2. The maximum absolute atomic E-state index is 4.63. The number of hydrogen-bond acceptors (Lipinski definition) is 1. The maximum atomic E-state index is 4.63. The fraction of sp³-hybridized carbons (Fsp3) is 0.474. The van der Waals surface area contributed by atoms with Gasteiger partial charge >= 0.3 is 0 Å². The van der Waals surface area contributed by atoms with E-state index in [0.717, 1.165) is 50.5 Å². The lowest BCUT2D eigenvalue weighted by atomic mass is 9.60. The first-order chi connectivity index (χ1) is 18.5. The van der Waals surface area contributed by atoms with Crippen molar-refractivity contribution in [3.05, 3.63) is 95.1 Å². The second kappa shape index (κ2) is 13.0. The highest BCUT2D eigenvalue weighted by Gasteiger charge is 2.39. The summed E-state index contributed by atoms with van der Waals surface area (Å²) in [5, 5.41) is 3.58. The summed E-state index contributed by atoms with van der Waals surface area (Å²) >= 11 is 0. The van der Waals surface area contributed by atoms with Gasteiger partial charge in [0.05, 0.1) is 0 Å². The molecule has 1 heteroatoms. The van der Waals surface area contributed by atoms with Gasteiger partial charge < -0.3 is 5.32 Å². The summed E-state index contributed by atoms with van der Waals surface area (Å²) in [6.45, 7) is 32.1. The SMILES string of the molecule is C=C(CCC1(C)CC(C)=C(CC)C(=C)C1CC)C(=C)c1c(C)ccc(-c2ccc(NC(C)CC)cc2)c1CC.